The van der Waals surface area contributed by atoms with Crippen LogP contribution in [0.2, 0.25) is 0 Å². The van der Waals surface area contributed by atoms with Crippen molar-refractivity contribution in [3.05, 3.63) is 35.9 Å². The fourth-order valence-corrected chi connectivity index (χ4v) is 2.40. The fraction of sp³-hybridized carbons (Fsp3) is 0.429. The number of ether oxygens (including phenoxy) is 1. The standard InChI is InChI=1S/C14H17NO3/c1-3-18-14(17)12-11(9-15(2)13(12)16)10-7-5-4-6-8-10/h4-8,11-12H,3,9H2,1-2H3. The highest BCUT2D eigenvalue weighted by molar-refractivity contribution is 6.00. The molecule has 4 nitrogen and oxygen atoms in total. The largest absolute Gasteiger partial charge is 0.465 e. The molecular formula is C14H17NO3. The molecule has 1 aliphatic heterocycles. The molecule has 1 aromatic rings. The molecule has 2 rings (SSSR count). The van der Waals surface area contributed by atoms with Gasteiger partial charge in [-0.15, -0.1) is 0 Å². The van der Waals surface area contributed by atoms with E-state index in [2.05, 4.69) is 0 Å². The summed E-state index contributed by atoms with van der Waals surface area (Å²) < 4.78 is 5.01. The van der Waals surface area contributed by atoms with Crippen molar-refractivity contribution in [1.29, 1.82) is 0 Å². The van der Waals surface area contributed by atoms with E-state index in [0.717, 1.165) is 5.56 Å². The second-order valence-electron chi connectivity index (χ2n) is 4.47. The molecule has 96 valence electrons. The van der Waals surface area contributed by atoms with Crippen LogP contribution in [-0.2, 0) is 14.3 Å². The molecule has 1 amide bonds. The lowest BCUT2D eigenvalue weighted by Gasteiger charge is -2.15. The highest BCUT2D eigenvalue weighted by atomic mass is 16.5. The Morgan fingerprint density at radius 2 is 2.06 bits per heavy atom. The second kappa shape index (κ2) is 5.21. The minimum absolute atomic E-state index is 0.109. The number of hydrogen-bond donors (Lipinski definition) is 0. The molecule has 1 aromatic carbocycles. The van der Waals surface area contributed by atoms with Crippen molar-refractivity contribution in [3.8, 4) is 0 Å². The summed E-state index contributed by atoms with van der Waals surface area (Å²) in [6.45, 7) is 2.61. The first-order valence-corrected chi connectivity index (χ1v) is 6.11. The predicted molar refractivity (Wildman–Crippen MR) is 66.9 cm³/mol. The maximum absolute atomic E-state index is 12.0. The Kier molecular flexibility index (Phi) is 3.65. The van der Waals surface area contributed by atoms with Crippen LogP contribution in [0.15, 0.2) is 30.3 Å². The van der Waals surface area contributed by atoms with Gasteiger partial charge >= 0.3 is 5.97 Å². The Labute approximate surface area is 107 Å². The molecule has 1 fully saturated rings. The lowest BCUT2D eigenvalue weighted by molar-refractivity contribution is -0.152. The van der Waals surface area contributed by atoms with Crippen molar-refractivity contribution in [2.45, 2.75) is 12.8 Å². The molecule has 0 aliphatic carbocycles. The topological polar surface area (TPSA) is 46.6 Å². The molecule has 0 bridgehead atoms. The summed E-state index contributed by atoms with van der Waals surface area (Å²) in [5, 5.41) is 0. The molecule has 18 heavy (non-hydrogen) atoms. The molecule has 0 saturated carbocycles. The average Bonchev–Trinajstić information content (AvgIpc) is 2.67. The van der Waals surface area contributed by atoms with Gasteiger partial charge in [0.1, 0.15) is 5.92 Å². The van der Waals surface area contributed by atoms with Gasteiger partial charge in [0, 0.05) is 19.5 Å². The zero-order valence-electron chi connectivity index (χ0n) is 10.6. The molecule has 0 aromatic heterocycles. The highest BCUT2D eigenvalue weighted by Crippen LogP contribution is 2.33. The minimum atomic E-state index is -0.697. The fourth-order valence-electron chi connectivity index (χ4n) is 2.40. The number of carbonyl (C=O) groups is 2. The summed E-state index contributed by atoms with van der Waals surface area (Å²) in [7, 11) is 1.72. The first kappa shape index (κ1) is 12.6. The van der Waals surface area contributed by atoms with E-state index in [1.54, 1.807) is 18.9 Å². The molecule has 0 spiro atoms. The summed E-state index contributed by atoms with van der Waals surface area (Å²) in [6.07, 6.45) is 0. The van der Waals surface area contributed by atoms with E-state index >= 15 is 0 Å². The van der Waals surface area contributed by atoms with E-state index in [1.165, 1.54) is 0 Å². The quantitative estimate of drug-likeness (QED) is 0.599. The molecule has 2 unspecified atom stereocenters. The number of likely N-dealkylation sites (N-methyl/N-ethyl adjacent to an activating group) is 1. The molecule has 1 aliphatic rings. The van der Waals surface area contributed by atoms with E-state index in [0.29, 0.717) is 13.2 Å². The highest BCUT2D eigenvalue weighted by Gasteiger charge is 2.45. The number of benzene rings is 1. The van der Waals surface area contributed by atoms with Gasteiger partial charge in [0.2, 0.25) is 5.91 Å². The van der Waals surface area contributed by atoms with Crippen molar-refractivity contribution in [1.82, 2.24) is 4.90 Å². The number of esters is 1. The Morgan fingerprint density at radius 1 is 1.39 bits per heavy atom. The maximum atomic E-state index is 12.0. The van der Waals surface area contributed by atoms with Gasteiger partial charge in [0.25, 0.3) is 0 Å². The summed E-state index contributed by atoms with van der Waals surface area (Å²) in [5.74, 6) is -1.37. The maximum Gasteiger partial charge on any atom is 0.319 e. The molecule has 0 N–H and O–H groups in total. The van der Waals surface area contributed by atoms with Crippen LogP contribution in [0.25, 0.3) is 0 Å². The average molecular weight is 247 g/mol. The van der Waals surface area contributed by atoms with Crippen molar-refractivity contribution < 1.29 is 14.3 Å². The van der Waals surface area contributed by atoms with Crippen LogP contribution >= 0.6 is 0 Å². The van der Waals surface area contributed by atoms with Gasteiger partial charge in [-0.3, -0.25) is 9.59 Å². The summed E-state index contributed by atoms with van der Waals surface area (Å²) in [5.41, 5.74) is 1.01. The van der Waals surface area contributed by atoms with Crippen LogP contribution in [0.1, 0.15) is 18.4 Å². The van der Waals surface area contributed by atoms with Crippen LogP contribution in [0.3, 0.4) is 0 Å². The smallest absolute Gasteiger partial charge is 0.319 e. The Morgan fingerprint density at radius 3 is 2.67 bits per heavy atom. The van der Waals surface area contributed by atoms with Crippen LogP contribution in [-0.4, -0.2) is 37.0 Å². The van der Waals surface area contributed by atoms with Gasteiger partial charge in [-0.1, -0.05) is 30.3 Å². The van der Waals surface area contributed by atoms with Gasteiger partial charge in [0.15, 0.2) is 0 Å². The summed E-state index contributed by atoms with van der Waals surface area (Å²) in [4.78, 5) is 25.5. The number of carbonyl (C=O) groups excluding carboxylic acids is 2. The Balaban J connectivity index is 2.28. The van der Waals surface area contributed by atoms with Gasteiger partial charge in [0.05, 0.1) is 6.61 Å². The third kappa shape index (κ3) is 2.23. The first-order chi connectivity index (χ1) is 8.65. The van der Waals surface area contributed by atoms with Crippen molar-refractivity contribution in [3.63, 3.8) is 0 Å². The minimum Gasteiger partial charge on any atom is -0.465 e. The van der Waals surface area contributed by atoms with Gasteiger partial charge in [-0.2, -0.15) is 0 Å². The Bertz CT molecular complexity index is 444. The van der Waals surface area contributed by atoms with Crippen LogP contribution in [0.4, 0.5) is 0 Å². The SMILES string of the molecule is CCOC(=O)C1C(=O)N(C)CC1c1ccccc1. The molecule has 2 atom stereocenters. The summed E-state index contributed by atoms with van der Waals surface area (Å²) in [6, 6.07) is 9.65. The third-order valence-corrected chi connectivity index (χ3v) is 3.28. The van der Waals surface area contributed by atoms with Gasteiger partial charge in [-0.25, -0.2) is 0 Å². The van der Waals surface area contributed by atoms with E-state index in [4.69, 9.17) is 4.74 Å². The third-order valence-electron chi connectivity index (χ3n) is 3.28. The normalized spacial score (nSPS) is 23.2. The van der Waals surface area contributed by atoms with Crippen molar-refractivity contribution in [2.75, 3.05) is 20.2 Å². The molecule has 1 heterocycles. The molecular weight excluding hydrogens is 230 g/mol. The lowest BCUT2D eigenvalue weighted by Crippen LogP contribution is -2.29. The Hall–Kier alpha value is -1.84. The van der Waals surface area contributed by atoms with E-state index in [-0.39, 0.29) is 11.8 Å². The molecule has 1 saturated heterocycles. The van der Waals surface area contributed by atoms with E-state index in [9.17, 15) is 9.59 Å². The zero-order valence-corrected chi connectivity index (χ0v) is 10.6. The van der Waals surface area contributed by atoms with Crippen molar-refractivity contribution >= 4 is 11.9 Å². The van der Waals surface area contributed by atoms with Crippen LogP contribution in [0.5, 0.6) is 0 Å². The second-order valence-corrected chi connectivity index (χ2v) is 4.47. The molecule has 4 heteroatoms. The van der Waals surface area contributed by atoms with Gasteiger partial charge < -0.3 is 9.64 Å². The number of nitrogens with zero attached hydrogens (tertiary/aromatic N) is 1. The van der Waals surface area contributed by atoms with Crippen LogP contribution < -0.4 is 0 Å². The van der Waals surface area contributed by atoms with Gasteiger partial charge in [-0.05, 0) is 12.5 Å². The predicted octanol–water partition coefficient (Wildman–Crippen LogP) is 1.42. The number of rotatable bonds is 3. The number of hydrogen-bond acceptors (Lipinski definition) is 3. The van der Waals surface area contributed by atoms with Crippen molar-refractivity contribution in [2.24, 2.45) is 5.92 Å². The first-order valence-electron chi connectivity index (χ1n) is 6.11. The van der Waals surface area contributed by atoms with Crippen LogP contribution in [0, 0.1) is 5.92 Å². The van der Waals surface area contributed by atoms with E-state index in [1.807, 2.05) is 30.3 Å². The lowest BCUT2D eigenvalue weighted by atomic mass is 9.89. The van der Waals surface area contributed by atoms with E-state index < -0.39 is 11.9 Å². The number of amides is 1. The molecule has 0 radical (unpaired) electrons. The zero-order chi connectivity index (χ0) is 13.1. The summed E-state index contributed by atoms with van der Waals surface area (Å²) >= 11 is 0. The monoisotopic (exact) mass is 247 g/mol. The number of likely N-dealkylation sites (tertiary alicyclic amines) is 1.